The van der Waals surface area contributed by atoms with Gasteiger partial charge in [0.2, 0.25) is 11.8 Å². The molecule has 2 rings (SSSR count). The van der Waals surface area contributed by atoms with Crippen molar-refractivity contribution in [2.75, 3.05) is 38.0 Å². The predicted molar refractivity (Wildman–Crippen MR) is 88.4 cm³/mol. The number of nitrogens with zero attached hydrogens (tertiary/aromatic N) is 2. The topological polar surface area (TPSA) is 52.7 Å². The minimum absolute atomic E-state index is 0.0617. The zero-order valence-corrected chi connectivity index (χ0v) is 14.0. The summed E-state index contributed by atoms with van der Waals surface area (Å²) in [5.74, 6) is 0.149. The fourth-order valence-corrected chi connectivity index (χ4v) is 2.92. The van der Waals surface area contributed by atoms with Gasteiger partial charge in [0.25, 0.3) is 0 Å². The summed E-state index contributed by atoms with van der Waals surface area (Å²) in [6.07, 6.45) is 0.393. The smallest absolute Gasteiger partial charge is 0.224 e. The molecule has 1 heterocycles. The molecule has 7 heteroatoms. The summed E-state index contributed by atoms with van der Waals surface area (Å²) in [7, 11) is 0. The molecule has 1 aromatic carbocycles. The Morgan fingerprint density at radius 1 is 1.05 bits per heavy atom. The van der Waals surface area contributed by atoms with E-state index >= 15 is 0 Å². The third-order valence-electron chi connectivity index (χ3n) is 3.61. The molecule has 1 aliphatic rings. The Morgan fingerprint density at radius 2 is 1.59 bits per heavy atom. The Kier molecular flexibility index (Phi) is 5.91. The Labute approximate surface area is 140 Å². The summed E-state index contributed by atoms with van der Waals surface area (Å²) < 4.78 is 0. The summed E-state index contributed by atoms with van der Waals surface area (Å²) in [4.78, 5) is 26.9. The standard InChI is InChI=1S/C15H19Cl2N3O2/c1-11(21)19-4-6-20(7-5-19)15(22)2-3-18-14-9-12(16)8-13(17)10-14/h8-10,18H,2-7H2,1H3. The number of nitrogens with one attached hydrogen (secondary N) is 1. The second-order valence-corrected chi connectivity index (χ2v) is 6.09. The quantitative estimate of drug-likeness (QED) is 0.913. The molecule has 1 N–H and O–H groups in total. The average Bonchev–Trinajstić information content (AvgIpc) is 2.46. The Hall–Kier alpha value is -1.46. The third kappa shape index (κ3) is 4.78. The van der Waals surface area contributed by atoms with Crippen molar-refractivity contribution in [1.29, 1.82) is 0 Å². The SMILES string of the molecule is CC(=O)N1CCN(C(=O)CCNc2cc(Cl)cc(Cl)c2)CC1. The zero-order valence-electron chi connectivity index (χ0n) is 12.4. The molecule has 0 unspecified atom stereocenters. The van der Waals surface area contributed by atoms with Crippen LogP contribution in [0.2, 0.25) is 10.0 Å². The number of amides is 2. The summed E-state index contributed by atoms with van der Waals surface area (Å²) in [5, 5.41) is 4.26. The fourth-order valence-electron chi connectivity index (χ4n) is 2.40. The van der Waals surface area contributed by atoms with E-state index in [9.17, 15) is 9.59 Å². The monoisotopic (exact) mass is 343 g/mol. The van der Waals surface area contributed by atoms with Gasteiger partial charge in [-0.2, -0.15) is 0 Å². The molecule has 0 bridgehead atoms. The average molecular weight is 344 g/mol. The molecule has 0 spiro atoms. The highest BCUT2D eigenvalue weighted by Crippen LogP contribution is 2.22. The van der Waals surface area contributed by atoms with Gasteiger partial charge in [0, 0.05) is 61.8 Å². The maximum Gasteiger partial charge on any atom is 0.224 e. The van der Waals surface area contributed by atoms with Gasteiger partial charge in [-0.1, -0.05) is 23.2 Å². The van der Waals surface area contributed by atoms with E-state index in [1.165, 1.54) is 0 Å². The molecule has 1 saturated heterocycles. The second kappa shape index (κ2) is 7.70. The van der Waals surface area contributed by atoms with Crippen molar-refractivity contribution in [3.63, 3.8) is 0 Å². The lowest BCUT2D eigenvalue weighted by Gasteiger charge is -2.34. The summed E-state index contributed by atoms with van der Waals surface area (Å²) in [5.41, 5.74) is 0.798. The molecular formula is C15H19Cl2N3O2. The number of benzene rings is 1. The van der Waals surface area contributed by atoms with Gasteiger partial charge in [-0.15, -0.1) is 0 Å². The van der Waals surface area contributed by atoms with Crippen molar-refractivity contribution in [3.8, 4) is 0 Å². The molecular weight excluding hydrogens is 325 g/mol. The van der Waals surface area contributed by atoms with Crippen LogP contribution in [0.5, 0.6) is 0 Å². The number of rotatable bonds is 4. The molecule has 1 aromatic rings. The molecule has 5 nitrogen and oxygen atoms in total. The van der Waals surface area contributed by atoms with Gasteiger partial charge in [0.1, 0.15) is 0 Å². The van der Waals surface area contributed by atoms with Crippen molar-refractivity contribution in [2.45, 2.75) is 13.3 Å². The molecule has 22 heavy (non-hydrogen) atoms. The first-order valence-electron chi connectivity index (χ1n) is 7.19. The molecule has 0 aromatic heterocycles. The molecule has 0 radical (unpaired) electrons. The van der Waals surface area contributed by atoms with E-state index in [1.54, 1.807) is 34.9 Å². The number of anilines is 1. The highest BCUT2D eigenvalue weighted by atomic mass is 35.5. The highest BCUT2D eigenvalue weighted by molar-refractivity contribution is 6.35. The van der Waals surface area contributed by atoms with E-state index in [2.05, 4.69) is 5.32 Å². The van der Waals surface area contributed by atoms with Gasteiger partial charge >= 0.3 is 0 Å². The van der Waals surface area contributed by atoms with Crippen LogP contribution in [-0.4, -0.2) is 54.3 Å². The van der Waals surface area contributed by atoms with Crippen molar-refractivity contribution in [2.24, 2.45) is 0 Å². The van der Waals surface area contributed by atoms with E-state index in [0.29, 0.717) is 49.2 Å². The first kappa shape index (κ1) is 16.9. The van der Waals surface area contributed by atoms with Gasteiger partial charge < -0.3 is 15.1 Å². The molecule has 120 valence electrons. The number of piperazine rings is 1. The summed E-state index contributed by atoms with van der Waals surface area (Å²) in [6.45, 7) is 4.49. The van der Waals surface area contributed by atoms with E-state index in [4.69, 9.17) is 23.2 Å². The van der Waals surface area contributed by atoms with E-state index in [1.807, 2.05) is 0 Å². The van der Waals surface area contributed by atoms with Gasteiger partial charge in [0.05, 0.1) is 0 Å². The fraction of sp³-hybridized carbons (Fsp3) is 0.467. The van der Waals surface area contributed by atoms with Crippen LogP contribution in [0.3, 0.4) is 0 Å². The van der Waals surface area contributed by atoms with Gasteiger partial charge in [-0.05, 0) is 18.2 Å². The second-order valence-electron chi connectivity index (χ2n) is 5.22. The Morgan fingerprint density at radius 3 is 2.14 bits per heavy atom. The number of hydrogen-bond acceptors (Lipinski definition) is 3. The number of hydrogen-bond donors (Lipinski definition) is 1. The Balaban J connectivity index is 1.75. The zero-order chi connectivity index (χ0) is 16.1. The summed E-state index contributed by atoms with van der Waals surface area (Å²) in [6, 6.07) is 5.20. The van der Waals surface area contributed by atoms with Gasteiger partial charge in [0.15, 0.2) is 0 Å². The van der Waals surface area contributed by atoms with Crippen LogP contribution >= 0.6 is 23.2 Å². The molecule has 0 atom stereocenters. The van der Waals surface area contributed by atoms with Crippen LogP contribution in [0.1, 0.15) is 13.3 Å². The van der Waals surface area contributed by atoms with Crippen LogP contribution < -0.4 is 5.32 Å². The minimum Gasteiger partial charge on any atom is -0.384 e. The van der Waals surface area contributed by atoms with Crippen molar-refractivity contribution in [3.05, 3.63) is 28.2 Å². The van der Waals surface area contributed by atoms with Crippen LogP contribution in [0.25, 0.3) is 0 Å². The normalized spacial score (nSPS) is 14.9. The Bertz CT molecular complexity index is 537. The van der Waals surface area contributed by atoms with Crippen molar-refractivity contribution in [1.82, 2.24) is 9.80 Å². The van der Waals surface area contributed by atoms with Crippen molar-refractivity contribution >= 4 is 40.7 Å². The maximum absolute atomic E-state index is 12.1. The van der Waals surface area contributed by atoms with Gasteiger partial charge in [-0.3, -0.25) is 9.59 Å². The van der Waals surface area contributed by atoms with Crippen LogP contribution in [-0.2, 0) is 9.59 Å². The van der Waals surface area contributed by atoms with E-state index in [-0.39, 0.29) is 11.8 Å². The van der Waals surface area contributed by atoms with Crippen LogP contribution in [0.4, 0.5) is 5.69 Å². The number of carbonyl (C=O) groups is 2. The molecule has 2 amide bonds. The molecule has 1 fully saturated rings. The molecule has 0 saturated carbocycles. The lowest BCUT2D eigenvalue weighted by Crippen LogP contribution is -2.50. The maximum atomic E-state index is 12.1. The number of carbonyl (C=O) groups excluding carboxylic acids is 2. The van der Waals surface area contributed by atoms with Gasteiger partial charge in [-0.25, -0.2) is 0 Å². The molecule has 0 aliphatic carbocycles. The largest absolute Gasteiger partial charge is 0.384 e. The highest BCUT2D eigenvalue weighted by Gasteiger charge is 2.21. The minimum atomic E-state index is 0.0617. The lowest BCUT2D eigenvalue weighted by atomic mass is 10.2. The first-order chi connectivity index (χ1) is 10.5. The predicted octanol–water partition coefficient (Wildman–Crippen LogP) is 2.49. The summed E-state index contributed by atoms with van der Waals surface area (Å²) >= 11 is 11.8. The molecule has 1 aliphatic heterocycles. The number of halogens is 2. The van der Waals surface area contributed by atoms with Crippen molar-refractivity contribution < 1.29 is 9.59 Å². The first-order valence-corrected chi connectivity index (χ1v) is 7.94. The lowest BCUT2D eigenvalue weighted by molar-refractivity contribution is -0.138. The van der Waals surface area contributed by atoms with Crippen LogP contribution in [0.15, 0.2) is 18.2 Å². The van der Waals surface area contributed by atoms with Crippen LogP contribution in [0, 0.1) is 0 Å². The third-order valence-corrected chi connectivity index (χ3v) is 4.04. The van der Waals surface area contributed by atoms with E-state index in [0.717, 1.165) is 5.69 Å². The van der Waals surface area contributed by atoms with E-state index < -0.39 is 0 Å².